The number of aryl methyl sites for hydroxylation is 2. The number of aromatic nitrogens is 2. The summed E-state index contributed by atoms with van der Waals surface area (Å²) in [4.78, 5) is 87.8. The highest BCUT2D eigenvalue weighted by atomic mass is 32.1. The zero-order valence-corrected chi connectivity index (χ0v) is 51.7. The number of thiazole rings is 2. The van der Waals surface area contributed by atoms with Gasteiger partial charge in [0.25, 0.3) is 0 Å². The van der Waals surface area contributed by atoms with Crippen molar-refractivity contribution in [1.29, 1.82) is 0 Å². The molecule has 0 spiro atoms. The van der Waals surface area contributed by atoms with Crippen LogP contribution >= 0.6 is 22.7 Å². The van der Waals surface area contributed by atoms with Crippen LogP contribution in [0, 0.1) is 0 Å². The third kappa shape index (κ3) is 23.0. The van der Waals surface area contributed by atoms with Gasteiger partial charge < -0.3 is 48.2 Å². The number of carboxylic acids is 1. The van der Waals surface area contributed by atoms with Crippen molar-refractivity contribution in [2.24, 2.45) is 0 Å². The Balaban J connectivity index is 0.000000223. The number of nitrogens with zero attached hydrogens (tertiary/aromatic N) is 5. The highest BCUT2D eigenvalue weighted by Gasteiger charge is 2.38. The van der Waals surface area contributed by atoms with Crippen LogP contribution in [0.5, 0.6) is 5.75 Å². The van der Waals surface area contributed by atoms with Gasteiger partial charge in [0.2, 0.25) is 0 Å². The summed E-state index contributed by atoms with van der Waals surface area (Å²) in [6, 6.07) is 6.65. The quantitative estimate of drug-likeness (QED) is 0.113. The van der Waals surface area contributed by atoms with Crippen LogP contribution in [0.25, 0.3) is 0 Å². The Labute approximate surface area is 482 Å². The molecule has 1 aromatic carbocycles. The Bertz CT molecular complexity index is 2550. The largest absolute Gasteiger partial charge is 0.488 e. The molecule has 2 aliphatic heterocycles. The Morgan fingerprint density at radius 2 is 1.26 bits per heavy atom. The molecule has 1 saturated heterocycles. The third-order valence-electron chi connectivity index (χ3n) is 13.1. The second-order valence-electron chi connectivity index (χ2n) is 25.1. The van der Waals surface area contributed by atoms with Gasteiger partial charge in [0.05, 0.1) is 24.1 Å². The number of fused-ring (bicyclic) bond motifs is 5. The first-order valence-electron chi connectivity index (χ1n) is 28.4. The highest BCUT2D eigenvalue weighted by Crippen LogP contribution is 2.40. The number of ether oxygens (including phenoxy) is 5. The number of benzene rings is 1. The SMILES string of the molecule is CC(=O)CCCN(C(=O)OC(C)(C)C)[C@H]1CCc2nc(NC(=O)OC(C)(C)C)sc2C1.CC(=O)CCCN1CCc2nc(NC(=O)OC(C)(C)C)sc2CC1.CC(C)(C)Oc1ccc2c(c1)[C@H]1OCCN(CCCC(=O)O)[C@@H]1CC2. The standard InChI is InChI=1S/C22H35N3O5S.C20H29NO4.C17H27N3O3S/c1-14(26)9-8-12-25(20(28)30-22(5,6)7)15-10-11-16-17(13-15)31-18(23-16)24-19(27)29-21(2,3)4;1-20(2,3)25-15-8-6-14-7-9-17-19(16(14)13-15)24-12-11-21(17)10-4-5-18(22)23;1-12(21)6-5-9-20-10-7-13-14(8-11-20)24-15(18-13)19-16(22)23-17(2,3)4/h15H,8-13H2,1-7H3,(H,23,24,27);6,8,13,17,19H,4-5,7,9-12H2,1-3H3,(H,22,23);5-11H2,1-4H3,(H,18,19,22)/t15-;17-,19-;/m01./s1. The van der Waals surface area contributed by atoms with Crippen LogP contribution in [0.4, 0.5) is 24.6 Å². The van der Waals surface area contributed by atoms with Crippen molar-refractivity contribution in [1.82, 2.24) is 24.7 Å². The zero-order valence-electron chi connectivity index (χ0n) is 50.1. The number of nitrogens with one attached hydrogen (secondary N) is 2. The van der Waals surface area contributed by atoms with Crippen LogP contribution in [0.3, 0.4) is 0 Å². The van der Waals surface area contributed by atoms with Crippen molar-refractivity contribution in [2.45, 2.75) is 221 Å². The van der Waals surface area contributed by atoms with Crippen LogP contribution < -0.4 is 15.4 Å². The summed E-state index contributed by atoms with van der Waals surface area (Å²) in [6.45, 7) is 31.6. The molecule has 3 amide bonds. The summed E-state index contributed by atoms with van der Waals surface area (Å²) in [6.07, 6.45) is 8.24. The maximum Gasteiger partial charge on any atom is 0.413 e. The number of ketones is 2. The van der Waals surface area contributed by atoms with E-state index in [0.29, 0.717) is 68.0 Å². The highest BCUT2D eigenvalue weighted by molar-refractivity contribution is 7.16. The van der Waals surface area contributed by atoms with E-state index in [4.69, 9.17) is 28.8 Å². The Kier molecular flexibility index (Phi) is 23.9. The average Bonchev–Trinajstić information content (AvgIpc) is 3.97. The molecular formula is C59H91N7O12S2. The second-order valence-corrected chi connectivity index (χ2v) is 27.2. The number of rotatable bonds is 16. The topological polar surface area (TPSA) is 228 Å². The van der Waals surface area contributed by atoms with Crippen molar-refractivity contribution < 1.29 is 57.6 Å². The molecule has 3 aromatic rings. The van der Waals surface area contributed by atoms with Gasteiger partial charge in [0.15, 0.2) is 10.3 Å². The molecular weight excluding hydrogens is 1060 g/mol. The van der Waals surface area contributed by atoms with Gasteiger partial charge in [-0.05, 0) is 185 Å². The van der Waals surface area contributed by atoms with E-state index in [9.17, 15) is 28.8 Å². The molecule has 3 N–H and O–H groups in total. The van der Waals surface area contributed by atoms with E-state index in [-0.39, 0.29) is 41.8 Å². The molecule has 4 heterocycles. The summed E-state index contributed by atoms with van der Waals surface area (Å²) >= 11 is 2.94. The molecule has 446 valence electrons. The minimum Gasteiger partial charge on any atom is -0.488 e. The number of carbonyl (C=O) groups excluding carboxylic acids is 5. The molecule has 3 atom stereocenters. The summed E-state index contributed by atoms with van der Waals surface area (Å²) in [5.41, 5.74) is 2.68. The van der Waals surface area contributed by atoms with E-state index in [1.54, 1.807) is 39.5 Å². The van der Waals surface area contributed by atoms with Gasteiger partial charge in [-0.2, -0.15) is 0 Å². The lowest BCUT2D eigenvalue weighted by molar-refractivity contribution is -0.137. The lowest BCUT2D eigenvalue weighted by Gasteiger charge is -2.44. The number of anilines is 2. The molecule has 7 rings (SSSR count). The Hall–Kier alpha value is -5.22. The van der Waals surface area contributed by atoms with Gasteiger partial charge >= 0.3 is 24.2 Å². The smallest absolute Gasteiger partial charge is 0.413 e. The minimum atomic E-state index is -0.720. The van der Waals surface area contributed by atoms with Crippen molar-refractivity contribution in [3.05, 3.63) is 50.5 Å². The van der Waals surface area contributed by atoms with E-state index in [1.807, 2.05) is 41.5 Å². The first-order chi connectivity index (χ1) is 37.3. The predicted molar refractivity (Wildman–Crippen MR) is 312 cm³/mol. The number of aliphatic carboxylic acids is 1. The monoisotopic (exact) mass is 1150 g/mol. The lowest BCUT2D eigenvalue weighted by Crippen LogP contribution is -2.49. The number of morpholine rings is 1. The van der Waals surface area contributed by atoms with Crippen LogP contribution in [0.1, 0.15) is 187 Å². The first-order valence-corrected chi connectivity index (χ1v) is 30.0. The predicted octanol–water partition coefficient (Wildman–Crippen LogP) is 11.6. The summed E-state index contributed by atoms with van der Waals surface area (Å²) in [5.74, 6) is 0.528. The molecule has 4 aliphatic rings. The van der Waals surface area contributed by atoms with E-state index >= 15 is 0 Å². The minimum absolute atomic E-state index is 0.0378. The number of carbonyl (C=O) groups is 6. The van der Waals surface area contributed by atoms with Crippen molar-refractivity contribution in [3.8, 4) is 5.75 Å². The average molecular weight is 1150 g/mol. The molecule has 1 fully saturated rings. The van der Waals surface area contributed by atoms with Gasteiger partial charge in [-0.1, -0.05) is 6.07 Å². The Morgan fingerprint density at radius 3 is 1.85 bits per heavy atom. The van der Waals surface area contributed by atoms with E-state index in [2.05, 4.69) is 69.4 Å². The fourth-order valence-electron chi connectivity index (χ4n) is 9.83. The van der Waals surface area contributed by atoms with Crippen molar-refractivity contribution in [2.75, 3.05) is 56.5 Å². The Morgan fingerprint density at radius 1 is 0.688 bits per heavy atom. The molecule has 21 heteroatoms. The van der Waals surface area contributed by atoms with Gasteiger partial charge in [-0.25, -0.2) is 24.4 Å². The molecule has 0 unspecified atom stereocenters. The van der Waals surface area contributed by atoms with E-state index < -0.39 is 35.0 Å². The number of carboxylic acid groups (broad SMARTS) is 1. The van der Waals surface area contributed by atoms with Crippen LogP contribution in [-0.2, 0) is 65.4 Å². The maximum absolute atomic E-state index is 12.9. The molecule has 2 aromatic heterocycles. The fraction of sp³-hybridized carbons (Fsp3) is 0.695. The van der Waals surface area contributed by atoms with Gasteiger partial charge in [0.1, 0.15) is 39.7 Å². The van der Waals surface area contributed by atoms with E-state index in [1.165, 1.54) is 38.7 Å². The number of amides is 3. The summed E-state index contributed by atoms with van der Waals surface area (Å²) < 4.78 is 28.3. The van der Waals surface area contributed by atoms with E-state index in [0.717, 1.165) is 93.3 Å². The van der Waals surface area contributed by atoms with Crippen LogP contribution in [0.15, 0.2) is 18.2 Å². The third-order valence-corrected chi connectivity index (χ3v) is 15.2. The van der Waals surface area contributed by atoms with Gasteiger partial charge in [-0.3, -0.25) is 20.3 Å². The summed E-state index contributed by atoms with van der Waals surface area (Å²) in [5, 5.41) is 15.4. The normalized spacial score (nSPS) is 18.4. The van der Waals surface area contributed by atoms with Gasteiger partial charge in [-0.15, -0.1) is 22.7 Å². The summed E-state index contributed by atoms with van der Waals surface area (Å²) in [7, 11) is 0. The number of hydrogen-bond acceptors (Lipinski definition) is 17. The molecule has 2 aliphatic carbocycles. The second kappa shape index (κ2) is 29.2. The van der Waals surface area contributed by atoms with Crippen LogP contribution in [-0.4, -0.2) is 146 Å². The molecule has 0 radical (unpaired) electrons. The first kappa shape index (κ1) is 65.6. The number of Topliss-reactive ketones (excluding diaryl/α,β-unsaturated/α-hetero) is 2. The molecule has 80 heavy (non-hydrogen) atoms. The van der Waals surface area contributed by atoms with Gasteiger partial charge in [0, 0.05) is 80.1 Å². The fourth-order valence-corrected chi connectivity index (χ4v) is 11.9. The lowest BCUT2D eigenvalue weighted by atomic mass is 9.84. The van der Waals surface area contributed by atoms with Crippen molar-refractivity contribution >= 4 is 68.8 Å². The molecule has 0 saturated carbocycles. The zero-order chi connectivity index (χ0) is 59.2. The molecule has 19 nitrogen and oxygen atoms in total. The maximum atomic E-state index is 12.9. The van der Waals surface area contributed by atoms with Crippen LogP contribution in [0.2, 0.25) is 0 Å². The van der Waals surface area contributed by atoms with Crippen molar-refractivity contribution in [3.63, 3.8) is 0 Å². The molecule has 0 bridgehead atoms. The number of hydrogen-bond donors (Lipinski definition) is 3.